The monoisotopic (exact) mass is 397 g/mol. The van der Waals surface area contributed by atoms with Crippen molar-refractivity contribution in [3.8, 4) is 11.5 Å². The summed E-state index contributed by atoms with van der Waals surface area (Å²) in [5, 5.41) is 11.2. The Hall–Kier alpha value is -2.09. The van der Waals surface area contributed by atoms with Crippen LogP contribution >= 0.6 is 35.0 Å². The molecule has 0 atom stereocenters. The van der Waals surface area contributed by atoms with Crippen molar-refractivity contribution in [1.82, 2.24) is 10.2 Å². The Kier molecular flexibility index (Phi) is 5.57. The van der Waals surface area contributed by atoms with Gasteiger partial charge in [-0.2, -0.15) is 0 Å². The predicted octanol–water partition coefficient (Wildman–Crippen LogP) is 4.91. The van der Waals surface area contributed by atoms with Crippen LogP contribution in [0.25, 0.3) is 11.5 Å². The van der Waals surface area contributed by atoms with E-state index in [0.29, 0.717) is 16.6 Å². The molecule has 0 fully saturated rings. The number of carbonyl (C=O) groups is 1. The van der Waals surface area contributed by atoms with Crippen LogP contribution in [0.2, 0.25) is 10.0 Å². The minimum absolute atomic E-state index is 0.0528. The van der Waals surface area contributed by atoms with E-state index in [4.69, 9.17) is 27.6 Å². The molecular weight excluding hydrogens is 388 g/mol. The van der Waals surface area contributed by atoms with E-state index in [-0.39, 0.29) is 21.9 Å². The molecule has 0 aliphatic rings. The average Bonchev–Trinajstić information content (AvgIpc) is 3.06. The second kappa shape index (κ2) is 7.86. The summed E-state index contributed by atoms with van der Waals surface area (Å²) in [5.41, 5.74) is 1.14. The summed E-state index contributed by atoms with van der Waals surface area (Å²) in [6.45, 7) is 0. The van der Waals surface area contributed by atoms with Gasteiger partial charge in [0.25, 0.3) is 5.22 Å². The Morgan fingerprint density at radius 2 is 1.92 bits per heavy atom. The van der Waals surface area contributed by atoms with Gasteiger partial charge in [-0.05, 0) is 42.5 Å². The summed E-state index contributed by atoms with van der Waals surface area (Å²) in [6, 6.07) is 10.9. The fourth-order valence-electron chi connectivity index (χ4n) is 1.88. The highest BCUT2D eigenvalue weighted by Crippen LogP contribution is 2.25. The molecule has 0 aliphatic heterocycles. The standard InChI is InChI=1S/C16H10Cl2FN3O2S/c17-10-3-1-9(2-4-10)15-21-22-16(24-15)25-8-14(23)20-11-5-6-13(19)12(18)7-11/h1-7H,8H2,(H,20,23). The Labute approximate surface area is 156 Å². The van der Waals surface area contributed by atoms with Crippen molar-refractivity contribution < 1.29 is 13.6 Å². The Morgan fingerprint density at radius 1 is 1.16 bits per heavy atom. The molecule has 3 rings (SSSR count). The van der Waals surface area contributed by atoms with E-state index in [0.717, 1.165) is 17.3 Å². The van der Waals surface area contributed by atoms with E-state index >= 15 is 0 Å². The average molecular weight is 398 g/mol. The zero-order chi connectivity index (χ0) is 17.8. The largest absolute Gasteiger partial charge is 0.411 e. The number of benzene rings is 2. The molecule has 2 aromatic carbocycles. The maximum atomic E-state index is 13.1. The first-order valence-electron chi connectivity index (χ1n) is 6.98. The molecule has 0 saturated heterocycles. The fourth-order valence-corrected chi connectivity index (χ4v) is 2.75. The Balaban J connectivity index is 1.57. The van der Waals surface area contributed by atoms with Gasteiger partial charge in [-0.3, -0.25) is 4.79 Å². The van der Waals surface area contributed by atoms with Crippen molar-refractivity contribution in [2.45, 2.75) is 5.22 Å². The lowest BCUT2D eigenvalue weighted by Crippen LogP contribution is -2.14. The maximum Gasteiger partial charge on any atom is 0.277 e. The van der Waals surface area contributed by atoms with Crippen LogP contribution in [0.4, 0.5) is 10.1 Å². The van der Waals surface area contributed by atoms with Crippen LogP contribution in [0.15, 0.2) is 52.1 Å². The van der Waals surface area contributed by atoms with Crippen molar-refractivity contribution in [1.29, 1.82) is 0 Å². The summed E-state index contributed by atoms with van der Waals surface area (Å²) in [6.07, 6.45) is 0. The number of nitrogens with one attached hydrogen (secondary N) is 1. The van der Waals surface area contributed by atoms with Crippen LogP contribution in [0.3, 0.4) is 0 Å². The SMILES string of the molecule is O=C(CSc1nnc(-c2ccc(Cl)cc2)o1)Nc1ccc(F)c(Cl)c1. The highest BCUT2D eigenvalue weighted by molar-refractivity contribution is 7.99. The van der Waals surface area contributed by atoms with Crippen LogP contribution in [0.1, 0.15) is 0 Å². The molecule has 0 unspecified atom stereocenters. The van der Waals surface area contributed by atoms with E-state index in [1.165, 1.54) is 18.2 Å². The van der Waals surface area contributed by atoms with Gasteiger partial charge < -0.3 is 9.73 Å². The molecular formula is C16H10Cl2FN3O2S. The number of halogens is 3. The zero-order valence-corrected chi connectivity index (χ0v) is 14.8. The number of rotatable bonds is 5. The van der Waals surface area contributed by atoms with E-state index in [2.05, 4.69) is 15.5 Å². The first-order chi connectivity index (χ1) is 12.0. The van der Waals surface area contributed by atoms with Crippen molar-refractivity contribution in [2.24, 2.45) is 0 Å². The van der Waals surface area contributed by atoms with Crippen molar-refractivity contribution in [3.05, 3.63) is 58.3 Å². The van der Waals surface area contributed by atoms with Gasteiger partial charge in [0.2, 0.25) is 11.8 Å². The van der Waals surface area contributed by atoms with Gasteiger partial charge in [-0.15, -0.1) is 10.2 Å². The molecule has 5 nitrogen and oxygen atoms in total. The number of amides is 1. The van der Waals surface area contributed by atoms with Gasteiger partial charge in [0.1, 0.15) is 5.82 Å². The number of nitrogens with zero attached hydrogens (tertiary/aromatic N) is 2. The lowest BCUT2D eigenvalue weighted by molar-refractivity contribution is -0.113. The molecule has 3 aromatic rings. The smallest absolute Gasteiger partial charge is 0.277 e. The quantitative estimate of drug-likeness (QED) is 0.619. The van der Waals surface area contributed by atoms with E-state index in [9.17, 15) is 9.18 Å². The number of anilines is 1. The van der Waals surface area contributed by atoms with Crippen molar-refractivity contribution >= 4 is 46.6 Å². The van der Waals surface area contributed by atoms with Crippen molar-refractivity contribution in [3.63, 3.8) is 0 Å². The molecule has 25 heavy (non-hydrogen) atoms. The maximum absolute atomic E-state index is 13.1. The van der Waals surface area contributed by atoms with Crippen molar-refractivity contribution in [2.75, 3.05) is 11.1 Å². The van der Waals surface area contributed by atoms with Crippen LogP contribution in [-0.2, 0) is 4.79 Å². The zero-order valence-electron chi connectivity index (χ0n) is 12.5. The molecule has 1 amide bonds. The molecule has 0 aliphatic carbocycles. The van der Waals surface area contributed by atoms with E-state index < -0.39 is 5.82 Å². The first kappa shape index (κ1) is 17.7. The number of aromatic nitrogens is 2. The number of carbonyl (C=O) groups excluding carboxylic acids is 1. The molecule has 0 bridgehead atoms. The lowest BCUT2D eigenvalue weighted by atomic mass is 10.2. The van der Waals surface area contributed by atoms with Crippen LogP contribution < -0.4 is 5.32 Å². The third-order valence-electron chi connectivity index (χ3n) is 3.03. The number of hydrogen-bond acceptors (Lipinski definition) is 5. The molecule has 1 N–H and O–H groups in total. The minimum atomic E-state index is -0.547. The second-order valence-electron chi connectivity index (χ2n) is 4.85. The third kappa shape index (κ3) is 4.72. The molecule has 0 saturated carbocycles. The summed E-state index contributed by atoms with van der Waals surface area (Å²) in [7, 11) is 0. The fraction of sp³-hybridized carbons (Fsp3) is 0.0625. The van der Waals surface area contributed by atoms with Gasteiger partial charge in [0, 0.05) is 16.3 Å². The first-order valence-corrected chi connectivity index (χ1v) is 8.72. The second-order valence-corrected chi connectivity index (χ2v) is 6.62. The van der Waals surface area contributed by atoms with Crippen LogP contribution in [0, 0.1) is 5.82 Å². The number of hydrogen-bond donors (Lipinski definition) is 1. The predicted molar refractivity (Wildman–Crippen MR) is 95.5 cm³/mol. The van der Waals surface area contributed by atoms with Gasteiger partial charge >= 0.3 is 0 Å². The van der Waals surface area contributed by atoms with Gasteiger partial charge in [0.05, 0.1) is 10.8 Å². The van der Waals surface area contributed by atoms with Crippen LogP contribution in [-0.4, -0.2) is 21.9 Å². The molecule has 1 heterocycles. The summed E-state index contributed by atoms with van der Waals surface area (Å²) < 4.78 is 18.6. The number of thioether (sulfide) groups is 1. The summed E-state index contributed by atoms with van der Waals surface area (Å²) in [4.78, 5) is 11.9. The molecule has 1 aromatic heterocycles. The topological polar surface area (TPSA) is 68.0 Å². The molecule has 9 heteroatoms. The third-order valence-corrected chi connectivity index (χ3v) is 4.39. The Morgan fingerprint density at radius 3 is 2.64 bits per heavy atom. The van der Waals surface area contributed by atoms with E-state index in [1.807, 2.05) is 0 Å². The minimum Gasteiger partial charge on any atom is -0.411 e. The lowest BCUT2D eigenvalue weighted by Gasteiger charge is -2.04. The summed E-state index contributed by atoms with van der Waals surface area (Å²) >= 11 is 12.6. The summed E-state index contributed by atoms with van der Waals surface area (Å²) in [5.74, 6) is -0.463. The van der Waals surface area contributed by atoms with Gasteiger partial charge in [0.15, 0.2) is 0 Å². The highest BCUT2D eigenvalue weighted by atomic mass is 35.5. The molecule has 0 spiro atoms. The van der Waals surface area contributed by atoms with Crippen LogP contribution in [0.5, 0.6) is 0 Å². The highest BCUT2D eigenvalue weighted by Gasteiger charge is 2.12. The Bertz CT molecular complexity index is 903. The molecule has 128 valence electrons. The van der Waals surface area contributed by atoms with Gasteiger partial charge in [-0.25, -0.2) is 4.39 Å². The van der Waals surface area contributed by atoms with E-state index in [1.54, 1.807) is 24.3 Å². The molecule has 0 radical (unpaired) electrons. The van der Waals surface area contributed by atoms with Gasteiger partial charge in [-0.1, -0.05) is 35.0 Å². The normalized spacial score (nSPS) is 10.7.